The molecule has 0 aliphatic rings. The van der Waals surface area contributed by atoms with E-state index >= 15 is 0 Å². The first kappa shape index (κ1) is 22.0. The average molecular weight is 444 g/mol. The summed E-state index contributed by atoms with van der Waals surface area (Å²) >= 11 is 12.1. The molecule has 0 atom stereocenters. The molecule has 0 aliphatic heterocycles. The van der Waals surface area contributed by atoms with Crippen LogP contribution in [0.5, 0.6) is 11.5 Å². The van der Waals surface area contributed by atoms with E-state index in [9.17, 15) is 4.79 Å². The zero-order valence-electron chi connectivity index (χ0n) is 17.3. The van der Waals surface area contributed by atoms with Crippen molar-refractivity contribution >= 4 is 34.8 Å². The highest BCUT2D eigenvalue weighted by Crippen LogP contribution is 2.28. The van der Waals surface area contributed by atoms with Crippen molar-refractivity contribution in [3.63, 3.8) is 0 Å². The Morgan fingerprint density at radius 1 is 0.967 bits per heavy atom. The number of amides is 1. The first-order valence-corrected chi connectivity index (χ1v) is 10.2. The molecule has 0 saturated heterocycles. The summed E-state index contributed by atoms with van der Waals surface area (Å²) in [7, 11) is 1.59. The second-order valence-corrected chi connectivity index (χ2v) is 7.94. The third-order valence-electron chi connectivity index (χ3n) is 4.87. The van der Waals surface area contributed by atoms with Gasteiger partial charge >= 0.3 is 0 Å². The molecule has 0 unspecified atom stereocenters. The molecule has 4 nitrogen and oxygen atoms in total. The summed E-state index contributed by atoms with van der Waals surface area (Å²) in [6.07, 6.45) is 0. The van der Waals surface area contributed by atoms with Gasteiger partial charge in [0.2, 0.25) is 0 Å². The number of ether oxygens (including phenoxy) is 2. The smallest absolute Gasteiger partial charge is 0.255 e. The number of methoxy groups -OCH3 is 1. The molecule has 0 fully saturated rings. The molecular weight excluding hydrogens is 421 g/mol. The lowest BCUT2D eigenvalue weighted by Crippen LogP contribution is -2.13. The van der Waals surface area contributed by atoms with Crippen LogP contribution < -0.4 is 14.8 Å². The van der Waals surface area contributed by atoms with Crippen molar-refractivity contribution in [3.05, 3.63) is 86.4 Å². The van der Waals surface area contributed by atoms with Crippen molar-refractivity contribution in [2.75, 3.05) is 12.4 Å². The van der Waals surface area contributed by atoms with E-state index in [4.69, 9.17) is 32.7 Å². The molecule has 0 aromatic heterocycles. The number of carbonyl (C=O) groups excluding carboxylic acids is 1. The molecule has 30 heavy (non-hydrogen) atoms. The SMILES string of the molecule is COc1ccc(C(=O)Nc2ccc(Cl)cc2Cl)cc1COc1cc(C)cc(C)c1C. The minimum absolute atomic E-state index is 0.274. The van der Waals surface area contributed by atoms with Crippen molar-refractivity contribution in [2.24, 2.45) is 0 Å². The van der Waals surface area contributed by atoms with Gasteiger partial charge in [-0.3, -0.25) is 4.79 Å². The van der Waals surface area contributed by atoms with E-state index in [2.05, 4.69) is 18.3 Å². The lowest BCUT2D eigenvalue weighted by atomic mass is 10.1. The van der Waals surface area contributed by atoms with Gasteiger partial charge in [-0.25, -0.2) is 0 Å². The minimum Gasteiger partial charge on any atom is -0.496 e. The molecule has 156 valence electrons. The molecule has 0 heterocycles. The fourth-order valence-corrected chi connectivity index (χ4v) is 3.58. The van der Waals surface area contributed by atoms with Gasteiger partial charge in [-0.15, -0.1) is 0 Å². The van der Waals surface area contributed by atoms with Crippen LogP contribution in [-0.2, 0) is 6.61 Å². The Morgan fingerprint density at radius 2 is 1.73 bits per heavy atom. The highest BCUT2D eigenvalue weighted by Gasteiger charge is 2.14. The molecule has 1 amide bonds. The standard InChI is InChI=1S/C24H23Cl2NO3/c1-14-9-15(2)16(3)23(10-14)30-13-18-11-17(5-8-22(18)29-4)24(28)27-21-7-6-19(25)12-20(21)26/h5-12H,13H2,1-4H3,(H,27,28). The monoisotopic (exact) mass is 443 g/mol. The van der Waals surface area contributed by atoms with Gasteiger partial charge in [0.05, 0.1) is 17.8 Å². The van der Waals surface area contributed by atoms with E-state index in [1.165, 1.54) is 5.56 Å². The number of rotatable bonds is 6. The molecule has 3 rings (SSSR count). The van der Waals surface area contributed by atoms with Crippen LogP contribution in [0.15, 0.2) is 48.5 Å². The number of anilines is 1. The Balaban J connectivity index is 1.82. The molecule has 0 radical (unpaired) electrons. The maximum Gasteiger partial charge on any atom is 0.255 e. The predicted molar refractivity (Wildman–Crippen MR) is 122 cm³/mol. The Labute approximate surface area is 186 Å². The third kappa shape index (κ3) is 5.07. The van der Waals surface area contributed by atoms with E-state index in [1.54, 1.807) is 43.5 Å². The average Bonchev–Trinajstić information content (AvgIpc) is 2.71. The molecule has 6 heteroatoms. The van der Waals surface area contributed by atoms with Crippen molar-refractivity contribution in [3.8, 4) is 11.5 Å². The first-order chi connectivity index (χ1) is 14.3. The number of benzene rings is 3. The van der Waals surface area contributed by atoms with Crippen molar-refractivity contribution < 1.29 is 14.3 Å². The fraction of sp³-hybridized carbons (Fsp3) is 0.208. The number of hydrogen-bond acceptors (Lipinski definition) is 3. The van der Waals surface area contributed by atoms with Gasteiger partial charge in [-0.05, 0) is 79.9 Å². The van der Waals surface area contributed by atoms with Gasteiger partial charge in [-0.2, -0.15) is 0 Å². The molecule has 1 N–H and O–H groups in total. The molecule has 3 aromatic rings. The van der Waals surface area contributed by atoms with Crippen LogP contribution in [0.3, 0.4) is 0 Å². The zero-order chi connectivity index (χ0) is 21.8. The molecule has 0 saturated carbocycles. The molecule has 0 bridgehead atoms. The normalized spacial score (nSPS) is 10.6. The summed E-state index contributed by atoms with van der Waals surface area (Å²) in [6, 6.07) is 14.3. The lowest BCUT2D eigenvalue weighted by Gasteiger charge is -2.15. The number of aryl methyl sites for hydroxylation is 2. The van der Waals surface area contributed by atoms with Crippen LogP contribution in [0, 0.1) is 20.8 Å². The summed E-state index contributed by atoms with van der Waals surface area (Å²) in [5, 5.41) is 3.68. The van der Waals surface area contributed by atoms with E-state index in [0.717, 1.165) is 22.4 Å². The lowest BCUT2D eigenvalue weighted by molar-refractivity contribution is 0.102. The van der Waals surface area contributed by atoms with Crippen LogP contribution in [0.25, 0.3) is 0 Å². The summed E-state index contributed by atoms with van der Waals surface area (Å²) in [5.74, 6) is 1.18. The Bertz CT molecular complexity index is 1100. The largest absolute Gasteiger partial charge is 0.496 e. The van der Waals surface area contributed by atoms with Gasteiger partial charge in [0.25, 0.3) is 5.91 Å². The van der Waals surface area contributed by atoms with E-state index in [1.807, 2.05) is 19.9 Å². The van der Waals surface area contributed by atoms with E-state index in [0.29, 0.717) is 27.0 Å². The molecule has 3 aromatic carbocycles. The summed E-state index contributed by atoms with van der Waals surface area (Å²) in [5.41, 5.74) is 5.12. The van der Waals surface area contributed by atoms with Crippen LogP contribution in [-0.4, -0.2) is 13.0 Å². The van der Waals surface area contributed by atoms with Crippen molar-refractivity contribution in [2.45, 2.75) is 27.4 Å². The van der Waals surface area contributed by atoms with Gasteiger partial charge in [0.1, 0.15) is 18.1 Å². The number of carbonyl (C=O) groups is 1. The second-order valence-electron chi connectivity index (χ2n) is 7.10. The Hall–Kier alpha value is -2.69. The number of hydrogen-bond donors (Lipinski definition) is 1. The molecule has 0 spiro atoms. The van der Waals surface area contributed by atoms with E-state index in [-0.39, 0.29) is 12.5 Å². The summed E-state index contributed by atoms with van der Waals surface area (Å²) in [4.78, 5) is 12.7. The quantitative estimate of drug-likeness (QED) is 0.457. The molecule has 0 aliphatic carbocycles. The topological polar surface area (TPSA) is 47.6 Å². The maximum absolute atomic E-state index is 12.7. The highest BCUT2D eigenvalue weighted by atomic mass is 35.5. The fourth-order valence-electron chi connectivity index (χ4n) is 3.12. The highest BCUT2D eigenvalue weighted by molar-refractivity contribution is 6.36. The first-order valence-electron chi connectivity index (χ1n) is 9.42. The Morgan fingerprint density at radius 3 is 2.43 bits per heavy atom. The molecular formula is C24H23Cl2NO3. The van der Waals surface area contributed by atoms with Gasteiger partial charge in [0, 0.05) is 16.1 Å². The van der Waals surface area contributed by atoms with Crippen molar-refractivity contribution in [1.29, 1.82) is 0 Å². The zero-order valence-corrected chi connectivity index (χ0v) is 18.8. The van der Waals surface area contributed by atoms with Crippen LogP contribution in [0.4, 0.5) is 5.69 Å². The maximum atomic E-state index is 12.7. The minimum atomic E-state index is -0.286. The number of halogens is 2. The summed E-state index contributed by atoms with van der Waals surface area (Å²) < 4.78 is 11.5. The van der Waals surface area contributed by atoms with Crippen molar-refractivity contribution in [1.82, 2.24) is 0 Å². The van der Waals surface area contributed by atoms with Gasteiger partial charge < -0.3 is 14.8 Å². The summed E-state index contributed by atoms with van der Waals surface area (Å²) in [6.45, 7) is 6.39. The third-order valence-corrected chi connectivity index (χ3v) is 5.42. The predicted octanol–water partition coefficient (Wildman–Crippen LogP) is 6.76. The van der Waals surface area contributed by atoms with Gasteiger partial charge in [0.15, 0.2) is 0 Å². The van der Waals surface area contributed by atoms with E-state index < -0.39 is 0 Å². The Kier molecular flexibility index (Phi) is 6.91. The van der Waals surface area contributed by atoms with Crippen LogP contribution in [0.1, 0.15) is 32.6 Å². The van der Waals surface area contributed by atoms with Crippen LogP contribution >= 0.6 is 23.2 Å². The van der Waals surface area contributed by atoms with Gasteiger partial charge in [-0.1, -0.05) is 29.3 Å². The number of nitrogens with one attached hydrogen (secondary N) is 1. The van der Waals surface area contributed by atoms with Crippen LogP contribution in [0.2, 0.25) is 10.0 Å². The second kappa shape index (κ2) is 9.41.